The van der Waals surface area contributed by atoms with Crippen molar-refractivity contribution in [2.24, 2.45) is 0 Å². The molecule has 4 aromatic carbocycles. The minimum absolute atomic E-state index is 0.0161. The smallest absolute Gasteiger partial charge is 0.325 e. The van der Waals surface area contributed by atoms with Crippen molar-refractivity contribution in [3.05, 3.63) is 130 Å². The van der Waals surface area contributed by atoms with Gasteiger partial charge in [-0.25, -0.2) is 27.1 Å². The molecule has 0 aromatic heterocycles. The highest BCUT2D eigenvalue weighted by Gasteiger charge is 2.31. The number of carbonyl (C=O) groups excluding carboxylic acids is 3. The fourth-order valence-corrected chi connectivity index (χ4v) is 6.04. The van der Waals surface area contributed by atoms with E-state index in [1.165, 1.54) is 43.3 Å². The van der Waals surface area contributed by atoms with Crippen LogP contribution >= 0.6 is 11.6 Å². The van der Waals surface area contributed by atoms with Crippen molar-refractivity contribution in [1.82, 2.24) is 14.8 Å². The van der Waals surface area contributed by atoms with Gasteiger partial charge < -0.3 is 15.1 Å². The molecule has 4 rings (SSSR count). The van der Waals surface area contributed by atoms with Crippen LogP contribution in [0.1, 0.15) is 16.7 Å². The van der Waals surface area contributed by atoms with Gasteiger partial charge in [-0.05, 0) is 85.1 Å². The van der Waals surface area contributed by atoms with Crippen LogP contribution in [0, 0.1) is 30.2 Å². The Morgan fingerprint density at radius 2 is 1.08 bits per heavy atom. The number of hydrogen-bond donors (Lipinski definition) is 3. The summed E-state index contributed by atoms with van der Waals surface area (Å²) in [5.74, 6) is -5.45. The lowest BCUT2D eigenvalue weighted by atomic mass is 10.0. The molecule has 0 aliphatic heterocycles. The molecule has 0 fully saturated rings. The quantitative estimate of drug-likeness (QED) is 0.173. The maximum absolute atomic E-state index is 14.0. The number of nitrogens with one attached hydrogen (secondary N) is 3. The first kappa shape index (κ1) is 37.8. The Balaban J connectivity index is 1.58. The molecule has 0 saturated heterocycles. The van der Waals surface area contributed by atoms with Crippen LogP contribution in [-0.2, 0) is 32.6 Å². The Hall–Kier alpha value is -4.99. The molecule has 0 heterocycles. The van der Waals surface area contributed by atoms with Crippen molar-refractivity contribution >= 4 is 51.0 Å². The van der Waals surface area contributed by atoms with Crippen molar-refractivity contribution in [3.8, 4) is 0 Å². The van der Waals surface area contributed by atoms with Crippen LogP contribution in [0.3, 0.4) is 0 Å². The molecule has 10 nitrogen and oxygen atoms in total. The van der Waals surface area contributed by atoms with E-state index < -0.39 is 76.2 Å². The number of hydrogen-bond acceptors (Lipinski definition) is 5. The Morgan fingerprint density at radius 1 is 0.680 bits per heavy atom. The van der Waals surface area contributed by atoms with E-state index in [1.54, 1.807) is 29.0 Å². The van der Waals surface area contributed by atoms with Gasteiger partial charge in [0.05, 0.1) is 0 Å². The van der Waals surface area contributed by atoms with E-state index in [0.717, 1.165) is 34.7 Å². The largest absolute Gasteiger partial charge is 0.330 e. The Morgan fingerprint density at radius 3 is 1.54 bits per heavy atom. The second-order valence-electron chi connectivity index (χ2n) is 11.4. The Kier molecular flexibility index (Phi) is 12.2. The zero-order valence-electron chi connectivity index (χ0n) is 26.9. The van der Waals surface area contributed by atoms with Crippen molar-refractivity contribution < 1.29 is 40.4 Å². The summed E-state index contributed by atoms with van der Waals surface area (Å²) in [6.45, 7) is 1.83. The van der Waals surface area contributed by atoms with E-state index in [-0.39, 0.29) is 11.1 Å². The third-order valence-electron chi connectivity index (χ3n) is 7.45. The molecular formula is C34H32ClF4N5O5S. The number of likely N-dealkylation sites (N-methyl/N-ethyl adjacent to an activating group) is 2. The van der Waals surface area contributed by atoms with Gasteiger partial charge in [0, 0.05) is 49.0 Å². The van der Waals surface area contributed by atoms with E-state index in [1.807, 2.05) is 11.6 Å². The molecule has 0 radical (unpaired) electrons. The molecule has 50 heavy (non-hydrogen) atoms. The van der Waals surface area contributed by atoms with Gasteiger partial charge in [0.15, 0.2) is 0 Å². The molecule has 0 aliphatic carbocycles. The lowest BCUT2D eigenvalue weighted by molar-refractivity contribution is -0.120. The highest BCUT2D eigenvalue weighted by Crippen LogP contribution is 2.20. The van der Waals surface area contributed by atoms with Gasteiger partial charge >= 0.3 is 16.2 Å². The fraction of sp³-hybridized carbons (Fsp3) is 0.206. The van der Waals surface area contributed by atoms with E-state index in [2.05, 4.69) is 5.32 Å². The summed E-state index contributed by atoms with van der Waals surface area (Å²) < 4.78 is 86.2. The number of benzene rings is 4. The number of aryl methyl sites for hydroxylation is 1. The van der Waals surface area contributed by atoms with E-state index >= 15 is 0 Å². The van der Waals surface area contributed by atoms with Crippen LogP contribution in [0.15, 0.2) is 84.9 Å². The van der Waals surface area contributed by atoms with Gasteiger partial charge in [-0.3, -0.25) is 9.59 Å². The van der Waals surface area contributed by atoms with Crippen molar-refractivity contribution in [2.45, 2.75) is 31.8 Å². The highest BCUT2D eigenvalue weighted by atomic mass is 35.5. The molecular weight excluding hydrogens is 702 g/mol. The summed E-state index contributed by atoms with van der Waals surface area (Å²) in [6, 6.07) is 12.9. The standard InChI is InChI=1S/C34H32ClF4N5O5S/c1-20-4-8-28(9-5-20)43(2)32(45)30(16-21-12-24(36)18-25(37)13-21)40-34(47)42-50(48,49)41-31(17-22-14-26(38)19-27(39)15-22)33(46)44(3)29-10-6-23(35)7-11-29/h4-15,18-19,30-31,41H,16-17H2,1-3H3,(H2,40,42,47)/t30-,31-/m0/s1. The molecule has 0 aliphatic rings. The number of rotatable bonds is 12. The maximum Gasteiger partial charge on any atom is 0.330 e. The molecule has 3 N–H and O–H groups in total. The van der Waals surface area contributed by atoms with E-state index in [4.69, 9.17) is 11.6 Å². The van der Waals surface area contributed by atoms with Gasteiger partial charge in [0.1, 0.15) is 35.4 Å². The lowest BCUT2D eigenvalue weighted by Crippen LogP contribution is -2.57. The minimum atomic E-state index is -4.94. The summed E-state index contributed by atoms with van der Waals surface area (Å²) in [6.07, 6.45) is -0.982. The summed E-state index contributed by atoms with van der Waals surface area (Å²) in [4.78, 5) is 42.5. The van der Waals surface area contributed by atoms with E-state index in [0.29, 0.717) is 28.5 Å². The molecule has 0 saturated carbocycles. The van der Waals surface area contributed by atoms with Crippen LogP contribution in [0.4, 0.5) is 33.7 Å². The molecule has 4 amide bonds. The van der Waals surface area contributed by atoms with Gasteiger partial charge in [-0.1, -0.05) is 29.3 Å². The molecule has 0 unspecified atom stereocenters. The first-order chi connectivity index (χ1) is 23.5. The summed E-state index contributed by atoms with van der Waals surface area (Å²) in [5, 5.41) is 2.59. The zero-order valence-corrected chi connectivity index (χ0v) is 28.5. The van der Waals surface area contributed by atoms with Crippen molar-refractivity contribution in [3.63, 3.8) is 0 Å². The van der Waals surface area contributed by atoms with Crippen LogP contribution < -0.4 is 24.6 Å². The van der Waals surface area contributed by atoms with Crippen LogP contribution in [-0.4, -0.2) is 52.4 Å². The number of nitrogens with zero attached hydrogens (tertiary/aromatic N) is 2. The third-order valence-corrected chi connectivity index (χ3v) is 8.75. The number of halogens is 5. The van der Waals surface area contributed by atoms with Crippen molar-refractivity contribution in [2.75, 3.05) is 23.9 Å². The number of anilines is 2. The van der Waals surface area contributed by atoms with E-state index in [9.17, 15) is 40.4 Å². The number of amides is 4. The minimum Gasteiger partial charge on any atom is -0.325 e. The highest BCUT2D eigenvalue weighted by molar-refractivity contribution is 7.88. The summed E-state index contributed by atoms with van der Waals surface area (Å²) in [7, 11) is -2.21. The molecule has 0 bridgehead atoms. The number of carbonyl (C=O) groups is 3. The molecule has 2 atom stereocenters. The SMILES string of the molecule is Cc1ccc(N(C)C(=O)[C@H](Cc2cc(F)cc(F)c2)NC(=O)NS(=O)(=O)N[C@@H](Cc2cc(F)cc(F)c2)C(=O)N(C)c2ccc(Cl)cc2)cc1. The lowest BCUT2D eigenvalue weighted by Gasteiger charge is -2.26. The monoisotopic (exact) mass is 733 g/mol. The summed E-state index contributed by atoms with van der Waals surface area (Å²) >= 11 is 5.93. The second-order valence-corrected chi connectivity index (χ2v) is 13.3. The molecule has 4 aromatic rings. The maximum atomic E-state index is 14.0. The average Bonchev–Trinajstić information content (AvgIpc) is 3.02. The predicted octanol–water partition coefficient (Wildman–Crippen LogP) is 5.19. The molecule has 264 valence electrons. The third kappa shape index (κ3) is 10.5. The number of urea groups is 1. The average molecular weight is 734 g/mol. The molecule has 16 heteroatoms. The predicted molar refractivity (Wildman–Crippen MR) is 181 cm³/mol. The first-order valence-corrected chi connectivity index (χ1v) is 16.7. The fourth-order valence-electron chi connectivity index (χ4n) is 4.99. The second kappa shape index (κ2) is 16.1. The Bertz CT molecular complexity index is 1940. The van der Waals surface area contributed by atoms with Crippen LogP contribution in [0.5, 0.6) is 0 Å². The normalized spacial score (nSPS) is 12.5. The topological polar surface area (TPSA) is 128 Å². The van der Waals surface area contributed by atoms with Crippen molar-refractivity contribution in [1.29, 1.82) is 0 Å². The van der Waals surface area contributed by atoms with Crippen LogP contribution in [0.2, 0.25) is 5.02 Å². The van der Waals surface area contributed by atoms with Gasteiger partial charge in [0.2, 0.25) is 11.8 Å². The molecule has 0 spiro atoms. The zero-order chi connectivity index (χ0) is 36.7. The van der Waals surface area contributed by atoms with Crippen LogP contribution in [0.25, 0.3) is 0 Å². The van der Waals surface area contributed by atoms with Gasteiger partial charge in [0.25, 0.3) is 0 Å². The Labute approximate surface area is 291 Å². The van der Waals surface area contributed by atoms with Gasteiger partial charge in [-0.2, -0.15) is 13.1 Å². The van der Waals surface area contributed by atoms with Gasteiger partial charge in [-0.15, -0.1) is 0 Å². The summed E-state index contributed by atoms with van der Waals surface area (Å²) in [5.41, 5.74) is 1.51. The first-order valence-electron chi connectivity index (χ1n) is 14.9.